The number of anilines is 1. The molecule has 6 nitrogen and oxygen atoms in total. The fourth-order valence-electron chi connectivity index (χ4n) is 6.61. The quantitative estimate of drug-likeness (QED) is 0.218. The zero-order valence-corrected chi connectivity index (χ0v) is 28.3. The number of aryl methyl sites for hydroxylation is 1. The number of halogens is 1. The number of nitrogens with zero attached hydrogens (tertiary/aromatic N) is 3. The molecule has 5 rings (SSSR count). The lowest BCUT2D eigenvalue weighted by Crippen LogP contribution is -2.43. The fourth-order valence-corrected chi connectivity index (χ4v) is 6.61. The van der Waals surface area contributed by atoms with E-state index in [2.05, 4.69) is 69.4 Å². The van der Waals surface area contributed by atoms with Crippen LogP contribution in [0.25, 0.3) is 28.5 Å². The van der Waals surface area contributed by atoms with Gasteiger partial charge in [0.05, 0.1) is 29.3 Å². The lowest BCUT2D eigenvalue weighted by Gasteiger charge is -2.39. The van der Waals surface area contributed by atoms with Crippen molar-refractivity contribution in [2.75, 3.05) is 32.5 Å². The van der Waals surface area contributed by atoms with Gasteiger partial charge in [-0.25, -0.2) is 9.37 Å². The van der Waals surface area contributed by atoms with Gasteiger partial charge in [-0.15, -0.1) is 0 Å². The highest BCUT2D eigenvalue weighted by Crippen LogP contribution is 2.42. The molecule has 3 aromatic rings. The first-order chi connectivity index (χ1) is 21.5. The van der Waals surface area contributed by atoms with Gasteiger partial charge in [0.2, 0.25) is 0 Å². The molecule has 0 bridgehead atoms. The lowest BCUT2D eigenvalue weighted by molar-refractivity contribution is -0.290. The number of pyridine rings is 2. The summed E-state index contributed by atoms with van der Waals surface area (Å²) in [5, 5.41) is 3.54. The van der Waals surface area contributed by atoms with E-state index in [-0.39, 0.29) is 23.9 Å². The summed E-state index contributed by atoms with van der Waals surface area (Å²) in [5.41, 5.74) is 8.64. The van der Waals surface area contributed by atoms with Gasteiger partial charge < -0.3 is 19.7 Å². The maximum Gasteiger partial charge on any atom is 0.163 e. The Morgan fingerprint density at radius 1 is 1.04 bits per heavy atom. The van der Waals surface area contributed by atoms with Crippen molar-refractivity contribution in [3.63, 3.8) is 0 Å². The number of benzene rings is 1. The maximum absolute atomic E-state index is 14.2. The minimum absolute atomic E-state index is 0.0719. The number of fused-ring (bicyclic) bond motifs is 3. The summed E-state index contributed by atoms with van der Waals surface area (Å²) in [5.74, 6) is 0.221. The summed E-state index contributed by atoms with van der Waals surface area (Å²) >= 11 is 0. The van der Waals surface area contributed by atoms with E-state index in [1.54, 1.807) is 12.1 Å². The summed E-state index contributed by atoms with van der Waals surface area (Å²) in [6, 6.07) is 11.2. The van der Waals surface area contributed by atoms with E-state index in [9.17, 15) is 4.39 Å². The van der Waals surface area contributed by atoms with Crippen molar-refractivity contribution in [2.24, 2.45) is 0 Å². The third-order valence-electron chi connectivity index (χ3n) is 8.77. The SMILES string of the molecule is CC[C@H]1C[C@@H](/C=C/c2c(C(C)C)nc3c(c2-c2ccc(F)cc2)CCCc2nc(NCCCCN(C)C)ccc2-3)OC(C)(C)O1. The molecule has 0 spiro atoms. The van der Waals surface area contributed by atoms with E-state index in [1.807, 2.05) is 26.0 Å². The molecule has 2 aromatic heterocycles. The van der Waals surface area contributed by atoms with Gasteiger partial charge in [-0.1, -0.05) is 45.1 Å². The Bertz CT molecular complexity index is 1480. The molecule has 2 aliphatic rings. The Hall–Kier alpha value is -3.13. The van der Waals surface area contributed by atoms with Crippen molar-refractivity contribution in [3.8, 4) is 22.4 Å². The molecule has 1 aromatic carbocycles. The van der Waals surface area contributed by atoms with Crippen LogP contribution in [0, 0.1) is 5.82 Å². The van der Waals surface area contributed by atoms with Crippen molar-refractivity contribution in [1.82, 2.24) is 14.9 Å². The average molecular weight is 615 g/mol. The highest BCUT2D eigenvalue weighted by molar-refractivity contribution is 5.85. The topological polar surface area (TPSA) is 59.5 Å². The van der Waals surface area contributed by atoms with Gasteiger partial charge >= 0.3 is 0 Å². The number of unbranched alkanes of at least 4 members (excludes halogenated alkanes) is 1. The molecule has 7 heteroatoms. The Kier molecular flexibility index (Phi) is 10.7. The Morgan fingerprint density at radius 2 is 1.82 bits per heavy atom. The fraction of sp³-hybridized carbons (Fsp3) is 0.526. The van der Waals surface area contributed by atoms with Gasteiger partial charge in [-0.2, -0.15) is 0 Å². The first-order valence-corrected chi connectivity index (χ1v) is 16.8. The second-order valence-electron chi connectivity index (χ2n) is 13.6. The predicted molar refractivity (Wildman–Crippen MR) is 183 cm³/mol. The van der Waals surface area contributed by atoms with Crippen LogP contribution in [0.3, 0.4) is 0 Å². The summed E-state index contributed by atoms with van der Waals surface area (Å²) in [4.78, 5) is 12.7. The van der Waals surface area contributed by atoms with Crippen molar-refractivity contribution < 1.29 is 13.9 Å². The molecule has 0 radical (unpaired) electrons. The Balaban J connectivity index is 1.57. The molecule has 0 unspecified atom stereocenters. The van der Waals surface area contributed by atoms with Gasteiger partial charge in [0, 0.05) is 24.1 Å². The zero-order valence-electron chi connectivity index (χ0n) is 28.3. The standard InChI is InChI=1S/C38H51FN4O2/c1-8-28-24-29(45-38(4,5)44-28)18-19-32-35(26-14-16-27(39)17-15-26)31-12-11-13-33-30(37(31)42-36(32)25(2)3)20-21-34(41-33)40-22-9-10-23-43(6)7/h14-21,25,28-29H,8-13,22-24H2,1-7H3,(H,40,41)/b19-18+/t28-,29+/m0/s1. The minimum Gasteiger partial charge on any atom is -0.370 e. The summed E-state index contributed by atoms with van der Waals surface area (Å²) in [7, 11) is 4.23. The second kappa shape index (κ2) is 14.5. The van der Waals surface area contributed by atoms with Gasteiger partial charge in [0.1, 0.15) is 11.6 Å². The van der Waals surface area contributed by atoms with E-state index >= 15 is 0 Å². The molecule has 1 fully saturated rings. The normalized spacial score (nSPS) is 19.5. The van der Waals surface area contributed by atoms with Crippen molar-refractivity contribution in [2.45, 2.75) is 103 Å². The second-order valence-corrected chi connectivity index (χ2v) is 13.6. The first kappa shape index (κ1) is 33.2. The number of rotatable bonds is 11. The summed E-state index contributed by atoms with van der Waals surface area (Å²) < 4.78 is 26.6. The van der Waals surface area contributed by atoms with Crippen LogP contribution in [0.1, 0.15) is 95.2 Å². The average Bonchev–Trinajstić information content (AvgIpc) is 3.17. The predicted octanol–water partition coefficient (Wildman–Crippen LogP) is 8.65. The van der Waals surface area contributed by atoms with E-state index < -0.39 is 5.79 Å². The molecular formula is C38H51FN4O2. The molecule has 0 amide bonds. The maximum atomic E-state index is 14.2. The zero-order chi connectivity index (χ0) is 32.1. The Morgan fingerprint density at radius 3 is 2.53 bits per heavy atom. The highest BCUT2D eigenvalue weighted by Gasteiger charge is 2.34. The smallest absolute Gasteiger partial charge is 0.163 e. The van der Waals surface area contributed by atoms with Crippen molar-refractivity contribution in [1.29, 1.82) is 0 Å². The molecule has 1 saturated heterocycles. The molecular weight excluding hydrogens is 563 g/mol. The number of aromatic nitrogens is 2. The number of nitrogens with one attached hydrogen (secondary N) is 1. The van der Waals surface area contributed by atoms with Crippen molar-refractivity contribution in [3.05, 3.63) is 70.8 Å². The van der Waals surface area contributed by atoms with Crippen LogP contribution in [-0.4, -0.2) is 60.0 Å². The van der Waals surface area contributed by atoms with Crippen LogP contribution in [0.2, 0.25) is 0 Å². The van der Waals surface area contributed by atoms with Gasteiger partial charge in [-0.3, -0.25) is 4.98 Å². The Labute approximate surface area is 269 Å². The summed E-state index contributed by atoms with van der Waals surface area (Å²) in [6.07, 6.45) is 11.2. The molecule has 2 atom stereocenters. The van der Waals surface area contributed by atoms with E-state index in [1.165, 1.54) is 5.56 Å². The third-order valence-corrected chi connectivity index (χ3v) is 8.77. The van der Waals surface area contributed by atoms with Crippen LogP contribution < -0.4 is 5.32 Å². The lowest BCUT2D eigenvalue weighted by atomic mass is 9.86. The number of hydrogen-bond acceptors (Lipinski definition) is 6. The van der Waals surface area contributed by atoms with E-state index in [0.29, 0.717) is 0 Å². The van der Waals surface area contributed by atoms with Crippen LogP contribution in [0.4, 0.5) is 10.2 Å². The minimum atomic E-state index is -0.642. The summed E-state index contributed by atoms with van der Waals surface area (Å²) in [6.45, 7) is 12.5. The molecule has 1 aliphatic carbocycles. The van der Waals surface area contributed by atoms with E-state index in [0.717, 1.165) is 103 Å². The van der Waals surface area contributed by atoms with Gasteiger partial charge in [-0.05, 0) is 120 Å². The van der Waals surface area contributed by atoms with Crippen LogP contribution >= 0.6 is 0 Å². The molecule has 1 aliphatic heterocycles. The molecule has 242 valence electrons. The molecule has 45 heavy (non-hydrogen) atoms. The number of ether oxygens (including phenoxy) is 2. The largest absolute Gasteiger partial charge is 0.370 e. The molecule has 3 heterocycles. The van der Waals surface area contributed by atoms with Crippen LogP contribution in [0.5, 0.6) is 0 Å². The highest BCUT2D eigenvalue weighted by atomic mass is 19.1. The van der Waals surface area contributed by atoms with E-state index in [4.69, 9.17) is 19.4 Å². The van der Waals surface area contributed by atoms with Crippen molar-refractivity contribution >= 4 is 11.9 Å². The first-order valence-electron chi connectivity index (χ1n) is 16.8. The van der Waals surface area contributed by atoms with Gasteiger partial charge in [0.25, 0.3) is 0 Å². The number of hydrogen-bond donors (Lipinski definition) is 1. The molecule has 0 saturated carbocycles. The third kappa shape index (κ3) is 8.18. The van der Waals surface area contributed by atoms with Crippen LogP contribution in [0.15, 0.2) is 42.5 Å². The molecule has 1 N–H and O–H groups in total. The monoisotopic (exact) mass is 614 g/mol. The van der Waals surface area contributed by atoms with Gasteiger partial charge in [0.15, 0.2) is 5.79 Å². The van der Waals surface area contributed by atoms with Crippen LogP contribution in [-0.2, 0) is 22.3 Å².